The molecule has 4 heteroatoms. The van der Waals surface area contributed by atoms with Gasteiger partial charge in [-0.25, -0.2) is 0 Å². The Labute approximate surface area is 101 Å². The van der Waals surface area contributed by atoms with Crippen LogP contribution in [-0.4, -0.2) is 23.1 Å². The molecule has 1 aromatic rings. The fraction of sp³-hybridized carbons (Fsp3) is 0.308. The predicted octanol–water partition coefficient (Wildman–Crippen LogP) is 0.400. The Hall–Kier alpha value is -1.99. The van der Waals surface area contributed by atoms with Crippen LogP contribution in [-0.2, 0) is 11.2 Å². The van der Waals surface area contributed by atoms with Crippen molar-refractivity contribution in [2.24, 2.45) is 5.73 Å². The van der Waals surface area contributed by atoms with Crippen LogP contribution >= 0.6 is 0 Å². The third-order valence-electron chi connectivity index (χ3n) is 2.34. The van der Waals surface area contributed by atoms with E-state index in [2.05, 4.69) is 11.2 Å². The van der Waals surface area contributed by atoms with Gasteiger partial charge in [-0.1, -0.05) is 18.1 Å². The molecule has 4 nitrogen and oxygen atoms in total. The number of phenols is 1. The lowest BCUT2D eigenvalue weighted by Crippen LogP contribution is -2.45. The van der Waals surface area contributed by atoms with Gasteiger partial charge in [0, 0.05) is 0 Å². The molecule has 1 aromatic carbocycles. The van der Waals surface area contributed by atoms with E-state index in [0.717, 1.165) is 5.56 Å². The van der Waals surface area contributed by atoms with Crippen molar-refractivity contribution in [3.05, 3.63) is 29.8 Å². The molecule has 0 fully saturated rings. The molecule has 0 aromatic heterocycles. The summed E-state index contributed by atoms with van der Waals surface area (Å²) in [6.45, 7) is 1.71. The van der Waals surface area contributed by atoms with Crippen molar-refractivity contribution >= 4 is 5.91 Å². The first-order chi connectivity index (χ1) is 8.02. The first-order valence-electron chi connectivity index (χ1n) is 5.33. The molecule has 0 bridgehead atoms. The second-order valence-electron chi connectivity index (χ2n) is 3.87. The molecule has 0 saturated carbocycles. The van der Waals surface area contributed by atoms with Crippen LogP contribution < -0.4 is 11.1 Å². The van der Waals surface area contributed by atoms with Crippen molar-refractivity contribution in [1.29, 1.82) is 0 Å². The largest absolute Gasteiger partial charge is 0.508 e. The number of nitrogens with one attached hydrogen (secondary N) is 1. The van der Waals surface area contributed by atoms with E-state index < -0.39 is 6.04 Å². The Morgan fingerprint density at radius 2 is 2.12 bits per heavy atom. The zero-order chi connectivity index (χ0) is 12.8. The van der Waals surface area contributed by atoms with E-state index >= 15 is 0 Å². The Morgan fingerprint density at radius 3 is 2.65 bits per heavy atom. The fourth-order valence-corrected chi connectivity index (χ4v) is 1.34. The van der Waals surface area contributed by atoms with Crippen molar-refractivity contribution in [3.63, 3.8) is 0 Å². The SMILES string of the molecule is C#CC(C)NC(=O)C(N)Cc1ccc(O)cc1. The molecular formula is C13H16N2O2. The Morgan fingerprint density at radius 1 is 1.53 bits per heavy atom. The molecule has 0 aliphatic heterocycles. The molecule has 1 amide bonds. The third kappa shape index (κ3) is 4.17. The van der Waals surface area contributed by atoms with E-state index in [1.165, 1.54) is 0 Å². The van der Waals surface area contributed by atoms with Crippen LogP contribution in [0.5, 0.6) is 5.75 Å². The number of phenolic OH excluding ortho intramolecular Hbond substituents is 1. The summed E-state index contributed by atoms with van der Waals surface area (Å²) in [6.07, 6.45) is 5.56. The van der Waals surface area contributed by atoms with Gasteiger partial charge in [-0.3, -0.25) is 4.79 Å². The first-order valence-corrected chi connectivity index (χ1v) is 5.33. The summed E-state index contributed by atoms with van der Waals surface area (Å²) in [5.74, 6) is 2.31. The van der Waals surface area contributed by atoms with Gasteiger partial charge < -0.3 is 16.2 Å². The van der Waals surface area contributed by atoms with Crippen LogP contribution in [0.1, 0.15) is 12.5 Å². The van der Waals surface area contributed by atoms with Crippen LogP contribution in [0.15, 0.2) is 24.3 Å². The molecule has 2 unspecified atom stereocenters. The Bertz CT molecular complexity index is 420. The number of hydrogen-bond acceptors (Lipinski definition) is 3. The Balaban J connectivity index is 2.54. The standard InChI is InChI=1S/C13H16N2O2/c1-3-9(2)15-13(17)12(14)8-10-4-6-11(16)7-5-10/h1,4-7,9,12,16H,8,14H2,2H3,(H,15,17). The average molecular weight is 232 g/mol. The molecule has 1 rings (SSSR count). The monoisotopic (exact) mass is 232 g/mol. The van der Waals surface area contributed by atoms with Gasteiger partial charge in [-0.05, 0) is 31.0 Å². The zero-order valence-corrected chi connectivity index (χ0v) is 9.68. The van der Waals surface area contributed by atoms with Gasteiger partial charge in [0.1, 0.15) is 5.75 Å². The second-order valence-corrected chi connectivity index (χ2v) is 3.87. The van der Waals surface area contributed by atoms with Crippen LogP contribution in [0.4, 0.5) is 0 Å². The molecule has 0 heterocycles. The normalized spacial score (nSPS) is 13.5. The smallest absolute Gasteiger partial charge is 0.238 e. The Kier molecular flexibility index (Phi) is 4.56. The van der Waals surface area contributed by atoms with E-state index in [9.17, 15) is 4.79 Å². The number of rotatable bonds is 4. The number of carbonyl (C=O) groups excluding carboxylic acids is 1. The van der Waals surface area contributed by atoms with Gasteiger partial charge >= 0.3 is 0 Å². The number of hydrogen-bond donors (Lipinski definition) is 3. The summed E-state index contributed by atoms with van der Waals surface area (Å²) in [6, 6.07) is 5.61. The lowest BCUT2D eigenvalue weighted by atomic mass is 10.1. The highest BCUT2D eigenvalue weighted by molar-refractivity contribution is 5.82. The summed E-state index contributed by atoms with van der Waals surface area (Å²) >= 11 is 0. The van der Waals surface area contributed by atoms with Gasteiger partial charge in [-0.15, -0.1) is 6.42 Å². The highest BCUT2D eigenvalue weighted by atomic mass is 16.3. The predicted molar refractivity (Wildman–Crippen MR) is 66.2 cm³/mol. The first kappa shape index (κ1) is 13.1. The highest BCUT2D eigenvalue weighted by Crippen LogP contribution is 2.10. The molecule has 0 aliphatic carbocycles. The van der Waals surface area contributed by atoms with Crippen molar-refractivity contribution in [2.45, 2.75) is 25.4 Å². The quantitative estimate of drug-likeness (QED) is 0.658. The number of amides is 1. The minimum atomic E-state index is -0.643. The van der Waals surface area contributed by atoms with Crippen molar-refractivity contribution < 1.29 is 9.90 Å². The third-order valence-corrected chi connectivity index (χ3v) is 2.34. The molecular weight excluding hydrogens is 216 g/mol. The number of nitrogens with two attached hydrogens (primary N) is 1. The summed E-state index contributed by atoms with van der Waals surface area (Å²) in [7, 11) is 0. The summed E-state index contributed by atoms with van der Waals surface area (Å²) < 4.78 is 0. The van der Waals surface area contributed by atoms with Gasteiger partial charge in [0.25, 0.3) is 0 Å². The topological polar surface area (TPSA) is 75.4 Å². The molecule has 0 spiro atoms. The van der Waals surface area contributed by atoms with Gasteiger partial charge in [0.05, 0.1) is 12.1 Å². The maximum absolute atomic E-state index is 11.6. The summed E-state index contributed by atoms with van der Waals surface area (Å²) in [5.41, 5.74) is 6.63. The molecule has 4 N–H and O–H groups in total. The van der Waals surface area contributed by atoms with E-state index in [4.69, 9.17) is 17.3 Å². The number of carbonyl (C=O) groups is 1. The van der Waals surface area contributed by atoms with Gasteiger partial charge in [0.15, 0.2) is 0 Å². The highest BCUT2D eigenvalue weighted by Gasteiger charge is 2.15. The van der Waals surface area contributed by atoms with Gasteiger partial charge in [0.2, 0.25) is 5.91 Å². The number of aromatic hydroxyl groups is 1. The number of terminal acetylenes is 1. The van der Waals surface area contributed by atoms with Crippen LogP contribution in [0.25, 0.3) is 0 Å². The molecule has 90 valence electrons. The molecule has 2 atom stereocenters. The summed E-state index contributed by atoms with van der Waals surface area (Å²) in [5, 5.41) is 11.7. The second kappa shape index (κ2) is 5.92. The summed E-state index contributed by atoms with van der Waals surface area (Å²) in [4.78, 5) is 11.6. The van der Waals surface area contributed by atoms with Crippen molar-refractivity contribution in [1.82, 2.24) is 5.32 Å². The van der Waals surface area contributed by atoms with E-state index in [1.807, 2.05) is 0 Å². The van der Waals surface area contributed by atoms with Gasteiger partial charge in [-0.2, -0.15) is 0 Å². The van der Waals surface area contributed by atoms with Crippen LogP contribution in [0.3, 0.4) is 0 Å². The van der Waals surface area contributed by atoms with Crippen LogP contribution in [0.2, 0.25) is 0 Å². The molecule has 0 aliphatic rings. The van der Waals surface area contributed by atoms with Crippen LogP contribution in [0, 0.1) is 12.3 Å². The van der Waals surface area contributed by atoms with E-state index in [-0.39, 0.29) is 17.7 Å². The average Bonchev–Trinajstić information content (AvgIpc) is 2.31. The lowest BCUT2D eigenvalue weighted by molar-refractivity contribution is -0.122. The fourth-order valence-electron chi connectivity index (χ4n) is 1.34. The maximum atomic E-state index is 11.6. The van der Waals surface area contributed by atoms with E-state index in [0.29, 0.717) is 6.42 Å². The minimum absolute atomic E-state index is 0.188. The van der Waals surface area contributed by atoms with Crippen molar-refractivity contribution in [2.75, 3.05) is 0 Å². The molecule has 17 heavy (non-hydrogen) atoms. The lowest BCUT2D eigenvalue weighted by Gasteiger charge is -2.14. The number of benzene rings is 1. The van der Waals surface area contributed by atoms with E-state index in [1.54, 1.807) is 31.2 Å². The zero-order valence-electron chi connectivity index (χ0n) is 9.68. The minimum Gasteiger partial charge on any atom is -0.508 e. The maximum Gasteiger partial charge on any atom is 0.238 e. The van der Waals surface area contributed by atoms with Crippen molar-refractivity contribution in [3.8, 4) is 18.1 Å². The molecule has 0 radical (unpaired) electrons. The molecule has 0 saturated heterocycles.